The Hall–Kier alpha value is -2.85. The minimum atomic E-state index is -0.507. The van der Waals surface area contributed by atoms with Crippen molar-refractivity contribution in [1.29, 1.82) is 5.26 Å². The van der Waals surface area contributed by atoms with Gasteiger partial charge in [-0.1, -0.05) is 0 Å². The summed E-state index contributed by atoms with van der Waals surface area (Å²) >= 11 is 1.18. The first kappa shape index (κ1) is 15.1. The normalized spacial score (nSPS) is 10.3. The van der Waals surface area contributed by atoms with Crippen molar-refractivity contribution >= 4 is 17.6 Å². The Kier molecular flexibility index (Phi) is 4.26. The van der Waals surface area contributed by atoms with Crippen LogP contribution in [-0.4, -0.2) is 9.97 Å². The molecule has 114 valence electrons. The van der Waals surface area contributed by atoms with Crippen molar-refractivity contribution < 1.29 is 8.78 Å². The number of nitrogens with zero attached hydrogens (tertiary/aromatic N) is 2. The molecule has 7 heteroatoms. The number of aromatic amines is 1. The molecule has 0 atom stereocenters. The van der Waals surface area contributed by atoms with Crippen LogP contribution in [0.2, 0.25) is 0 Å². The number of nitrogens with one attached hydrogen (secondary N) is 2. The summed E-state index contributed by atoms with van der Waals surface area (Å²) in [7, 11) is 0. The Morgan fingerprint density at radius 3 is 2.78 bits per heavy atom. The van der Waals surface area contributed by atoms with E-state index in [2.05, 4.69) is 14.7 Å². The fraction of sp³-hybridized carbons (Fsp3) is 0. The molecule has 0 aliphatic rings. The maximum atomic E-state index is 13.8. The van der Waals surface area contributed by atoms with Crippen LogP contribution in [0.5, 0.6) is 0 Å². The zero-order valence-corrected chi connectivity index (χ0v) is 12.5. The average molecular weight is 328 g/mol. The van der Waals surface area contributed by atoms with Gasteiger partial charge in [-0.25, -0.2) is 8.78 Å². The number of hydrogen-bond acceptors (Lipinski definition) is 4. The van der Waals surface area contributed by atoms with Gasteiger partial charge in [-0.3, -0.25) is 4.98 Å². The van der Waals surface area contributed by atoms with Crippen LogP contribution < -0.4 is 4.72 Å². The molecule has 2 N–H and O–H groups in total. The van der Waals surface area contributed by atoms with Gasteiger partial charge in [0.25, 0.3) is 0 Å². The first-order valence-electron chi connectivity index (χ1n) is 6.58. The van der Waals surface area contributed by atoms with Crippen LogP contribution in [0.15, 0.2) is 53.8 Å². The lowest BCUT2D eigenvalue weighted by molar-refractivity contribution is 0.624. The summed E-state index contributed by atoms with van der Waals surface area (Å²) in [6.07, 6.45) is 4.35. The molecule has 0 radical (unpaired) electrons. The molecule has 1 aromatic carbocycles. The Morgan fingerprint density at radius 1 is 1.17 bits per heavy atom. The van der Waals surface area contributed by atoms with Crippen molar-refractivity contribution in [3.63, 3.8) is 0 Å². The fourth-order valence-corrected chi connectivity index (χ4v) is 2.65. The van der Waals surface area contributed by atoms with Gasteiger partial charge in [-0.15, -0.1) is 0 Å². The van der Waals surface area contributed by atoms with Crippen LogP contribution in [0.25, 0.3) is 11.3 Å². The smallest absolute Gasteiger partial charge is 0.150 e. The highest BCUT2D eigenvalue weighted by Gasteiger charge is 2.09. The van der Waals surface area contributed by atoms with Gasteiger partial charge < -0.3 is 9.71 Å². The van der Waals surface area contributed by atoms with Crippen molar-refractivity contribution in [2.75, 3.05) is 4.72 Å². The van der Waals surface area contributed by atoms with Gasteiger partial charge >= 0.3 is 0 Å². The summed E-state index contributed by atoms with van der Waals surface area (Å²) in [5.41, 5.74) is 1.55. The molecule has 0 saturated carbocycles. The number of benzene rings is 1. The lowest BCUT2D eigenvalue weighted by Gasteiger charge is -2.05. The van der Waals surface area contributed by atoms with Crippen LogP contribution in [0.1, 0.15) is 5.56 Å². The Labute approximate surface area is 135 Å². The molecular formula is C16H10F2N4S. The number of rotatable bonds is 4. The number of H-pyrrole nitrogens is 1. The van der Waals surface area contributed by atoms with Gasteiger partial charge in [0.05, 0.1) is 23.5 Å². The summed E-state index contributed by atoms with van der Waals surface area (Å²) in [5, 5.41) is 8.71. The second-order valence-corrected chi connectivity index (χ2v) is 5.49. The molecule has 0 amide bonds. The minimum Gasteiger partial charge on any atom is -0.360 e. The molecule has 0 saturated heterocycles. The summed E-state index contributed by atoms with van der Waals surface area (Å²) in [5.74, 6) is -0.926. The monoisotopic (exact) mass is 328 g/mol. The van der Waals surface area contributed by atoms with Crippen molar-refractivity contribution in [3.05, 3.63) is 66.1 Å². The van der Waals surface area contributed by atoms with Gasteiger partial charge in [0.2, 0.25) is 0 Å². The second-order valence-electron chi connectivity index (χ2n) is 4.62. The predicted octanol–water partition coefficient (Wildman–Crippen LogP) is 4.35. The maximum Gasteiger partial charge on any atom is 0.150 e. The van der Waals surface area contributed by atoms with E-state index in [9.17, 15) is 8.78 Å². The van der Waals surface area contributed by atoms with Gasteiger partial charge in [0.15, 0.2) is 5.82 Å². The molecule has 2 heterocycles. The van der Waals surface area contributed by atoms with Gasteiger partial charge in [0.1, 0.15) is 5.82 Å². The van der Waals surface area contributed by atoms with Crippen LogP contribution >= 0.6 is 11.9 Å². The quantitative estimate of drug-likeness (QED) is 0.699. The first-order chi connectivity index (χ1) is 11.2. The predicted molar refractivity (Wildman–Crippen MR) is 84.6 cm³/mol. The molecule has 0 fully saturated rings. The Morgan fingerprint density at radius 2 is 2.04 bits per heavy atom. The van der Waals surface area contributed by atoms with E-state index in [1.54, 1.807) is 18.3 Å². The highest BCUT2D eigenvalue weighted by Crippen LogP contribution is 2.28. The third-order valence-corrected chi connectivity index (χ3v) is 3.89. The number of aromatic nitrogens is 2. The first-order valence-corrected chi connectivity index (χ1v) is 7.40. The summed E-state index contributed by atoms with van der Waals surface area (Å²) in [4.78, 5) is 7.44. The zero-order valence-electron chi connectivity index (χ0n) is 11.7. The van der Waals surface area contributed by atoms with Crippen LogP contribution in [-0.2, 0) is 0 Å². The highest BCUT2D eigenvalue weighted by molar-refractivity contribution is 8.00. The number of pyridine rings is 1. The van der Waals surface area contributed by atoms with E-state index in [-0.39, 0.29) is 11.3 Å². The average Bonchev–Trinajstić information content (AvgIpc) is 3.02. The molecule has 0 aliphatic heterocycles. The lowest BCUT2D eigenvalue weighted by atomic mass is 10.2. The summed E-state index contributed by atoms with van der Waals surface area (Å²) in [6.45, 7) is 0. The van der Waals surface area contributed by atoms with E-state index >= 15 is 0 Å². The molecule has 0 spiro atoms. The molecule has 3 aromatic rings. The van der Waals surface area contributed by atoms with Crippen molar-refractivity contribution in [2.45, 2.75) is 4.90 Å². The van der Waals surface area contributed by atoms with E-state index in [0.29, 0.717) is 11.3 Å². The van der Waals surface area contributed by atoms with Gasteiger partial charge in [-0.05, 0) is 42.3 Å². The molecule has 4 nitrogen and oxygen atoms in total. The van der Waals surface area contributed by atoms with Crippen LogP contribution in [0, 0.1) is 23.0 Å². The second kappa shape index (κ2) is 6.50. The van der Waals surface area contributed by atoms with Crippen molar-refractivity contribution in [1.82, 2.24) is 9.97 Å². The van der Waals surface area contributed by atoms with E-state index in [0.717, 1.165) is 17.2 Å². The Balaban J connectivity index is 1.73. The van der Waals surface area contributed by atoms with Crippen molar-refractivity contribution in [3.8, 4) is 17.3 Å². The maximum absolute atomic E-state index is 13.8. The number of anilines is 1. The molecule has 3 rings (SSSR count). The molecule has 0 bridgehead atoms. The zero-order chi connectivity index (χ0) is 16.2. The lowest BCUT2D eigenvalue weighted by Crippen LogP contribution is -1.91. The number of nitriles is 1. The molecule has 2 aromatic heterocycles. The third-order valence-electron chi connectivity index (χ3n) is 3.10. The van der Waals surface area contributed by atoms with Gasteiger partial charge in [-0.2, -0.15) is 5.26 Å². The van der Waals surface area contributed by atoms with Crippen LogP contribution in [0.3, 0.4) is 0 Å². The largest absolute Gasteiger partial charge is 0.360 e. The third kappa shape index (κ3) is 3.33. The number of hydrogen-bond donors (Lipinski definition) is 2. The van der Waals surface area contributed by atoms with Crippen LogP contribution in [0.4, 0.5) is 14.5 Å². The van der Waals surface area contributed by atoms with E-state index in [4.69, 9.17) is 5.26 Å². The molecule has 0 unspecified atom stereocenters. The summed E-state index contributed by atoms with van der Waals surface area (Å²) in [6, 6.07) is 9.39. The SMILES string of the molecule is N#Cc1ccc(NSc2c[nH]c(-c3ccncc3F)c2)c(F)c1. The Bertz CT molecular complexity index is 886. The molecular weight excluding hydrogens is 318 g/mol. The van der Waals surface area contributed by atoms with E-state index in [1.807, 2.05) is 6.07 Å². The molecule has 23 heavy (non-hydrogen) atoms. The molecule has 0 aliphatic carbocycles. The minimum absolute atomic E-state index is 0.259. The topological polar surface area (TPSA) is 64.5 Å². The van der Waals surface area contributed by atoms with Crippen molar-refractivity contribution in [2.24, 2.45) is 0 Å². The summed E-state index contributed by atoms with van der Waals surface area (Å²) < 4.78 is 30.3. The fourth-order valence-electron chi connectivity index (χ4n) is 1.96. The number of halogens is 2. The standard InChI is InChI=1S/C16H10F2N4S/c17-13-5-10(7-19)1-2-15(13)22-23-11-6-16(21-8-11)12-3-4-20-9-14(12)18/h1-6,8-9,21-22H. The van der Waals surface area contributed by atoms with E-state index in [1.165, 1.54) is 30.3 Å². The van der Waals surface area contributed by atoms with Gasteiger partial charge in [0, 0.05) is 28.5 Å². The van der Waals surface area contributed by atoms with E-state index < -0.39 is 11.6 Å². The highest BCUT2D eigenvalue weighted by atomic mass is 32.2.